The minimum atomic E-state index is -0.266. The Morgan fingerprint density at radius 2 is 1.91 bits per heavy atom. The van der Waals surface area contributed by atoms with E-state index in [1.165, 1.54) is 28.3 Å². The van der Waals surface area contributed by atoms with Gasteiger partial charge in [0.15, 0.2) is 5.11 Å². The van der Waals surface area contributed by atoms with Crippen LogP contribution in [0.15, 0.2) is 42.5 Å². The summed E-state index contributed by atoms with van der Waals surface area (Å²) in [6.07, 6.45) is 3.06. The number of fused-ring (bicyclic) bond motifs is 2. The van der Waals surface area contributed by atoms with Crippen LogP contribution in [0.5, 0.6) is 0 Å². The number of thiocarbonyl (C=S) groups is 1. The van der Waals surface area contributed by atoms with Crippen LogP contribution in [0.25, 0.3) is 10.8 Å². The van der Waals surface area contributed by atoms with E-state index in [4.69, 9.17) is 17.0 Å². The van der Waals surface area contributed by atoms with Gasteiger partial charge < -0.3 is 15.0 Å². The first-order valence-corrected chi connectivity index (χ1v) is 13.2. The van der Waals surface area contributed by atoms with Crippen molar-refractivity contribution in [2.45, 2.75) is 32.7 Å². The summed E-state index contributed by atoms with van der Waals surface area (Å²) in [5.74, 6) is 0.378. The van der Waals surface area contributed by atoms with Crippen LogP contribution in [0.4, 0.5) is 5.00 Å². The lowest BCUT2D eigenvalue weighted by molar-refractivity contribution is 0.0601. The molecule has 1 aliphatic carbocycles. The third kappa shape index (κ3) is 4.69. The van der Waals surface area contributed by atoms with E-state index in [0.29, 0.717) is 16.6 Å². The van der Waals surface area contributed by atoms with Gasteiger partial charge in [0.05, 0.1) is 12.7 Å². The fraction of sp³-hybridized carbons (Fsp3) is 0.407. The summed E-state index contributed by atoms with van der Waals surface area (Å²) in [5, 5.41) is 7.57. The summed E-state index contributed by atoms with van der Waals surface area (Å²) in [4.78, 5) is 18.6. The minimum absolute atomic E-state index is 0.266. The van der Waals surface area contributed by atoms with Crippen molar-refractivity contribution in [1.29, 1.82) is 0 Å². The van der Waals surface area contributed by atoms with Crippen LogP contribution in [0.3, 0.4) is 0 Å². The van der Waals surface area contributed by atoms with E-state index < -0.39 is 0 Å². The number of carbonyl (C=O) groups excluding carboxylic acids is 1. The Labute approximate surface area is 210 Å². The van der Waals surface area contributed by atoms with E-state index in [1.54, 1.807) is 11.3 Å². The van der Waals surface area contributed by atoms with Gasteiger partial charge >= 0.3 is 5.97 Å². The van der Waals surface area contributed by atoms with E-state index in [2.05, 4.69) is 64.5 Å². The zero-order valence-corrected chi connectivity index (χ0v) is 21.4. The first kappa shape index (κ1) is 23.3. The molecule has 178 valence electrons. The number of nitrogens with zero attached hydrogens (tertiary/aromatic N) is 2. The molecule has 2 aromatic carbocycles. The normalized spacial score (nSPS) is 18.5. The molecule has 1 unspecified atom stereocenters. The molecule has 1 atom stereocenters. The van der Waals surface area contributed by atoms with Gasteiger partial charge in [0, 0.05) is 37.6 Å². The van der Waals surface area contributed by atoms with Gasteiger partial charge in [0.2, 0.25) is 0 Å². The van der Waals surface area contributed by atoms with Gasteiger partial charge in [-0.3, -0.25) is 4.90 Å². The molecule has 1 aromatic heterocycles. The second-order valence-corrected chi connectivity index (χ2v) is 10.9. The SMILES string of the molecule is COC(=O)c1c(NC(=S)N2CCN(Cc3cccc4ccccc34)CC2)sc2c1CCC(C)C2. The first-order chi connectivity index (χ1) is 16.5. The molecule has 1 fully saturated rings. The van der Waals surface area contributed by atoms with E-state index in [0.717, 1.165) is 62.6 Å². The van der Waals surface area contributed by atoms with Crippen molar-refractivity contribution in [2.24, 2.45) is 5.92 Å². The average molecular weight is 494 g/mol. The topological polar surface area (TPSA) is 44.8 Å². The van der Waals surface area contributed by atoms with Crippen molar-refractivity contribution in [3.8, 4) is 0 Å². The summed E-state index contributed by atoms with van der Waals surface area (Å²) in [7, 11) is 1.45. The minimum Gasteiger partial charge on any atom is -0.465 e. The number of carbonyl (C=O) groups is 1. The van der Waals surface area contributed by atoms with Crippen molar-refractivity contribution in [3.63, 3.8) is 0 Å². The number of methoxy groups -OCH3 is 1. The second kappa shape index (κ2) is 10.0. The molecular weight excluding hydrogens is 462 g/mol. The van der Waals surface area contributed by atoms with Crippen molar-refractivity contribution in [1.82, 2.24) is 9.80 Å². The van der Waals surface area contributed by atoms with E-state index in [1.807, 2.05) is 0 Å². The predicted molar refractivity (Wildman–Crippen MR) is 144 cm³/mol. The summed E-state index contributed by atoms with van der Waals surface area (Å²) >= 11 is 7.45. The maximum absolute atomic E-state index is 12.6. The second-order valence-electron chi connectivity index (χ2n) is 9.38. The van der Waals surface area contributed by atoms with Crippen LogP contribution in [0.2, 0.25) is 0 Å². The molecule has 0 radical (unpaired) electrons. The van der Waals surface area contributed by atoms with Crippen molar-refractivity contribution >= 4 is 50.4 Å². The molecule has 0 spiro atoms. The highest BCUT2D eigenvalue weighted by Crippen LogP contribution is 2.40. The summed E-state index contributed by atoms with van der Waals surface area (Å²) in [5.41, 5.74) is 3.21. The quantitative estimate of drug-likeness (QED) is 0.392. The van der Waals surface area contributed by atoms with Crippen LogP contribution >= 0.6 is 23.6 Å². The van der Waals surface area contributed by atoms with Gasteiger partial charge in [-0.25, -0.2) is 4.79 Å². The van der Waals surface area contributed by atoms with Gasteiger partial charge in [-0.05, 0) is 59.3 Å². The average Bonchev–Trinajstić information content (AvgIpc) is 3.21. The van der Waals surface area contributed by atoms with Crippen molar-refractivity contribution in [2.75, 3.05) is 38.6 Å². The summed E-state index contributed by atoms with van der Waals surface area (Å²) in [6.45, 7) is 6.85. The largest absolute Gasteiger partial charge is 0.465 e. The molecular formula is C27H31N3O2S2. The third-order valence-corrected chi connectivity index (χ3v) is 8.59. The Hall–Kier alpha value is -2.48. The van der Waals surface area contributed by atoms with E-state index >= 15 is 0 Å². The van der Waals surface area contributed by atoms with Crippen LogP contribution < -0.4 is 5.32 Å². The van der Waals surface area contributed by atoms with Crippen LogP contribution in [0.1, 0.15) is 39.7 Å². The lowest BCUT2D eigenvalue weighted by Crippen LogP contribution is -2.49. The van der Waals surface area contributed by atoms with Crippen LogP contribution in [-0.2, 0) is 24.1 Å². The molecule has 5 rings (SSSR count). The molecule has 2 aliphatic rings. The van der Waals surface area contributed by atoms with Gasteiger partial charge in [0.1, 0.15) is 5.00 Å². The predicted octanol–water partition coefficient (Wildman–Crippen LogP) is 5.33. The summed E-state index contributed by atoms with van der Waals surface area (Å²) < 4.78 is 5.12. The Kier molecular flexibility index (Phi) is 6.86. The molecule has 34 heavy (non-hydrogen) atoms. The van der Waals surface area contributed by atoms with E-state index in [-0.39, 0.29) is 5.97 Å². The Morgan fingerprint density at radius 1 is 1.15 bits per heavy atom. The van der Waals surface area contributed by atoms with Gasteiger partial charge in [-0.15, -0.1) is 11.3 Å². The smallest absolute Gasteiger partial charge is 0.341 e. The maximum atomic E-state index is 12.6. The zero-order valence-electron chi connectivity index (χ0n) is 19.8. The first-order valence-electron chi connectivity index (χ1n) is 12.0. The molecule has 0 saturated carbocycles. The maximum Gasteiger partial charge on any atom is 0.341 e. The monoisotopic (exact) mass is 493 g/mol. The number of rotatable bonds is 4. The highest BCUT2D eigenvalue weighted by Gasteiger charge is 2.29. The highest BCUT2D eigenvalue weighted by molar-refractivity contribution is 7.80. The standard InChI is InChI=1S/C27H31N3O2S2/c1-18-10-11-22-23(16-18)34-25(24(22)26(31)32-2)28-27(33)30-14-12-29(13-15-30)17-20-8-5-7-19-6-3-4-9-21(19)20/h3-9,18H,10-17H2,1-2H3,(H,28,33). The molecule has 1 N–H and O–H groups in total. The fourth-order valence-electron chi connectivity index (χ4n) is 5.11. The molecule has 7 heteroatoms. The number of nitrogens with one attached hydrogen (secondary N) is 1. The zero-order chi connectivity index (χ0) is 23.7. The molecule has 2 heterocycles. The Bertz CT molecular complexity index is 1210. The van der Waals surface area contributed by atoms with Gasteiger partial charge in [-0.1, -0.05) is 49.4 Å². The lowest BCUT2D eigenvalue weighted by atomic mass is 9.88. The number of hydrogen-bond donors (Lipinski definition) is 1. The molecule has 1 saturated heterocycles. The molecule has 1 aliphatic heterocycles. The molecule has 5 nitrogen and oxygen atoms in total. The number of piperazine rings is 1. The number of hydrogen-bond acceptors (Lipinski definition) is 5. The third-order valence-electron chi connectivity index (χ3n) is 7.06. The van der Waals surface area contributed by atoms with Crippen LogP contribution in [0, 0.1) is 5.92 Å². The number of ether oxygens (including phenoxy) is 1. The Balaban J connectivity index is 1.24. The van der Waals surface area contributed by atoms with Crippen LogP contribution in [-0.4, -0.2) is 54.2 Å². The number of anilines is 1. The van der Waals surface area contributed by atoms with E-state index in [9.17, 15) is 4.79 Å². The van der Waals surface area contributed by atoms with Gasteiger partial charge in [0.25, 0.3) is 0 Å². The Morgan fingerprint density at radius 3 is 2.71 bits per heavy atom. The number of benzene rings is 2. The number of thiophene rings is 1. The van der Waals surface area contributed by atoms with Crippen molar-refractivity contribution < 1.29 is 9.53 Å². The number of esters is 1. The lowest BCUT2D eigenvalue weighted by Gasteiger charge is -2.36. The summed E-state index contributed by atoms with van der Waals surface area (Å²) in [6, 6.07) is 15.1. The van der Waals surface area contributed by atoms with Crippen molar-refractivity contribution in [3.05, 3.63) is 64.0 Å². The molecule has 3 aromatic rings. The fourth-order valence-corrected chi connectivity index (χ4v) is 6.86. The highest BCUT2D eigenvalue weighted by atomic mass is 32.1. The molecule has 0 amide bonds. The van der Waals surface area contributed by atoms with Gasteiger partial charge in [-0.2, -0.15) is 0 Å². The molecule has 0 bridgehead atoms.